The molecule has 2 aromatic rings. The minimum absolute atomic E-state index is 0.113. The first-order chi connectivity index (χ1) is 12.1. The van der Waals surface area contributed by atoms with Crippen molar-refractivity contribution in [3.63, 3.8) is 0 Å². The summed E-state index contributed by atoms with van der Waals surface area (Å²) in [5.41, 5.74) is 5.32. The molecule has 1 unspecified atom stereocenters. The first kappa shape index (κ1) is 16.0. The zero-order valence-electron chi connectivity index (χ0n) is 15.0. The molecule has 25 heavy (non-hydrogen) atoms. The van der Waals surface area contributed by atoms with Gasteiger partial charge in [0, 0.05) is 48.8 Å². The minimum atomic E-state index is 0.113. The number of nitrogens with one attached hydrogen (secondary N) is 1. The van der Waals surface area contributed by atoms with Crippen LogP contribution in [0.3, 0.4) is 0 Å². The van der Waals surface area contributed by atoms with E-state index >= 15 is 0 Å². The molecule has 2 aromatic carbocycles. The van der Waals surface area contributed by atoms with Crippen molar-refractivity contribution in [2.45, 2.75) is 38.8 Å². The molecule has 4 nitrogen and oxygen atoms in total. The number of amides is 1. The van der Waals surface area contributed by atoms with Crippen LogP contribution in [0.1, 0.15) is 42.1 Å². The van der Waals surface area contributed by atoms with Crippen LogP contribution in [-0.2, 0) is 6.54 Å². The molecule has 0 aromatic heterocycles. The number of rotatable bonds is 3. The summed E-state index contributed by atoms with van der Waals surface area (Å²) in [5.74, 6) is 0.113. The molecule has 2 aliphatic rings. The van der Waals surface area contributed by atoms with Gasteiger partial charge >= 0.3 is 0 Å². The van der Waals surface area contributed by atoms with Gasteiger partial charge in [-0.1, -0.05) is 0 Å². The zero-order chi connectivity index (χ0) is 17.4. The normalized spacial score (nSPS) is 19.9. The van der Waals surface area contributed by atoms with Crippen molar-refractivity contribution in [3.05, 3.63) is 53.6 Å². The van der Waals surface area contributed by atoms with Gasteiger partial charge in [-0.05, 0) is 74.2 Å². The van der Waals surface area contributed by atoms with Crippen molar-refractivity contribution in [2.24, 2.45) is 0 Å². The molecule has 1 N–H and O–H groups in total. The molecule has 1 saturated heterocycles. The van der Waals surface area contributed by atoms with E-state index in [1.54, 1.807) is 4.90 Å². The fourth-order valence-corrected chi connectivity index (χ4v) is 3.93. The van der Waals surface area contributed by atoms with Crippen LogP contribution >= 0.6 is 0 Å². The van der Waals surface area contributed by atoms with Gasteiger partial charge in [0.2, 0.25) is 0 Å². The average molecular weight is 335 g/mol. The van der Waals surface area contributed by atoms with E-state index < -0.39 is 0 Å². The van der Waals surface area contributed by atoms with Gasteiger partial charge in [-0.25, -0.2) is 0 Å². The predicted molar refractivity (Wildman–Crippen MR) is 103 cm³/mol. The van der Waals surface area contributed by atoms with E-state index in [1.165, 1.54) is 24.9 Å². The molecule has 1 amide bonds. The maximum Gasteiger partial charge on any atom is 0.254 e. The number of anilines is 3. The minimum Gasteiger partial charge on any atom is -0.369 e. The van der Waals surface area contributed by atoms with Gasteiger partial charge in [0.15, 0.2) is 0 Å². The van der Waals surface area contributed by atoms with Gasteiger partial charge < -0.3 is 15.1 Å². The fourth-order valence-electron chi connectivity index (χ4n) is 3.93. The molecule has 1 atom stereocenters. The van der Waals surface area contributed by atoms with Crippen LogP contribution in [0.5, 0.6) is 0 Å². The Bertz CT molecular complexity index is 784. The van der Waals surface area contributed by atoms with Crippen molar-refractivity contribution in [3.8, 4) is 0 Å². The lowest BCUT2D eigenvalue weighted by molar-refractivity contribution is 0.0816. The van der Waals surface area contributed by atoms with Crippen molar-refractivity contribution < 1.29 is 4.79 Å². The van der Waals surface area contributed by atoms with Gasteiger partial charge in [-0.3, -0.25) is 4.79 Å². The Balaban J connectivity index is 1.49. The second-order valence-electron chi connectivity index (χ2n) is 7.24. The van der Waals surface area contributed by atoms with Crippen molar-refractivity contribution in [2.75, 3.05) is 23.8 Å². The van der Waals surface area contributed by atoms with Crippen LogP contribution in [0, 0.1) is 0 Å². The monoisotopic (exact) mass is 335 g/mol. The molecule has 0 spiro atoms. The summed E-state index contributed by atoms with van der Waals surface area (Å²) in [6.07, 6.45) is 3.91. The maximum absolute atomic E-state index is 12.0. The van der Waals surface area contributed by atoms with Crippen molar-refractivity contribution in [1.82, 2.24) is 4.90 Å². The standard InChI is InChI=1S/C21H25N3O/c1-15-5-3-4-12-24(15)19-9-6-17(7-10-19)22-18-8-11-20-16(13-18)14-23(2)21(20)25/h6-11,13,15,22H,3-5,12,14H2,1-2H3. The van der Waals surface area contributed by atoms with Gasteiger partial charge in [-0.15, -0.1) is 0 Å². The molecule has 1 fully saturated rings. The molecule has 4 rings (SSSR count). The highest BCUT2D eigenvalue weighted by Gasteiger charge is 2.24. The molecular weight excluding hydrogens is 310 g/mol. The Morgan fingerprint density at radius 2 is 1.80 bits per heavy atom. The van der Waals surface area contributed by atoms with E-state index in [0.717, 1.165) is 29.0 Å². The number of benzene rings is 2. The van der Waals surface area contributed by atoms with E-state index in [0.29, 0.717) is 12.6 Å². The second-order valence-corrected chi connectivity index (χ2v) is 7.24. The topological polar surface area (TPSA) is 35.6 Å². The highest BCUT2D eigenvalue weighted by molar-refractivity contribution is 5.98. The van der Waals surface area contributed by atoms with Crippen LogP contribution in [0.4, 0.5) is 17.1 Å². The molecule has 0 bridgehead atoms. The third-order valence-electron chi connectivity index (χ3n) is 5.38. The molecule has 4 heteroatoms. The number of hydrogen-bond donors (Lipinski definition) is 1. The van der Waals surface area contributed by atoms with Crippen molar-refractivity contribution >= 4 is 23.0 Å². The largest absolute Gasteiger partial charge is 0.369 e. The second kappa shape index (κ2) is 6.43. The van der Waals surface area contributed by atoms with Gasteiger partial charge in [0.25, 0.3) is 5.91 Å². The number of fused-ring (bicyclic) bond motifs is 1. The van der Waals surface area contributed by atoms with E-state index in [2.05, 4.69) is 47.5 Å². The van der Waals surface area contributed by atoms with Crippen LogP contribution in [0.25, 0.3) is 0 Å². The lowest BCUT2D eigenvalue weighted by atomic mass is 10.0. The maximum atomic E-state index is 12.0. The highest BCUT2D eigenvalue weighted by Crippen LogP contribution is 2.29. The van der Waals surface area contributed by atoms with E-state index in [4.69, 9.17) is 0 Å². The summed E-state index contributed by atoms with van der Waals surface area (Å²) in [4.78, 5) is 16.2. The average Bonchev–Trinajstić information content (AvgIpc) is 2.90. The fraction of sp³-hybridized carbons (Fsp3) is 0.381. The molecule has 0 aliphatic carbocycles. The Kier molecular flexibility index (Phi) is 4.12. The zero-order valence-corrected chi connectivity index (χ0v) is 15.0. The SMILES string of the molecule is CC1CCCCN1c1ccc(Nc2ccc3c(c2)CN(C)C3=O)cc1. The Morgan fingerprint density at radius 1 is 1.04 bits per heavy atom. The number of piperidine rings is 1. The Hall–Kier alpha value is -2.49. The van der Waals surface area contributed by atoms with E-state index in [1.807, 2.05) is 19.2 Å². The number of carbonyl (C=O) groups excluding carboxylic acids is 1. The van der Waals surface area contributed by atoms with Crippen LogP contribution in [0.15, 0.2) is 42.5 Å². The van der Waals surface area contributed by atoms with Crippen LogP contribution in [0.2, 0.25) is 0 Å². The smallest absolute Gasteiger partial charge is 0.254 e. The lowest BCUT2D eigenvalue weighted by Gasteiger charge is -2.35. The highest BCUT2D eigenvalue weighted by atomic mass is 16.2. The third-order valence-corrected chi connectivity index (χ3v) is 5.38. The van der Waals surface area contributed by atoms with E-state index in [-0.39, 0.29) is 5.91 Å². The summed E-state index contributed by atoms with van der Waals surface area (Å²) in [5, 5.41) is 3.46. The number of nitrogens with zero attached hydrogens (tertiary/aromatic N) is 2. The van der Waals surface area contributed by atoms with E-state index in [9.17, 15) is 4.79 Å². The lowest BCUT2D eigenvalue weighted by Crippen LogP contribution is -2.37. The molecular formula is C21H25N3O. The molecule has 0 radical (unpaired) electrons. The summed E-state index contributed by atoms with van der Waals surface area (Å²) in [6.45, 7) is 4.16. The molecule has 2 heterocycles. The quantitative estimate of drug-likeness (QED) is 0.903. The summed E-state index contributed by atoms with van der Waals surface area (Å²) >= 11 is 0. The Morgan fingerprint density at radius 3 is 2.56 bits per heavy atom. The number of hydrogen-bond acceptors (Lipinski definition) is 3. The summed E-state index contributed by atoms with van der Waals surface area (Å²) < 4.78 is 0. The van der Waals surface area contributed by atoms with Crippen molar-refractivity contribution in [1.29, 1.82) is 0 Å². The van der Waals surface area contributed by atoms with Gasteiger partial charge in [0.1, 0.15) is 0 Å². The predicted octanol–water partition coefficient (Wildman–Crippen LogP) is 4.39. The first-order valence-electron chi connectivity index (χ1n) is 9.14. The van der Waals surface area contributed by atoms with Gasteiger partial charge in [0.05, 0.1) is 0 Å². The van der Waals surface area contributed by atoms with Crippen LogP contribution in [-0.4, -0.2) is 30.4 Å². The third kappa shape index (κ3) is 3.09. The Labute approximate surface area is 149 Å². The summed E-state index contributed by atoms with van der Waals surface area (Å²) in [7, 11) is 1.84. The molecule has 0 saturated carbocycles. The molecule has 2 aliphatic heterocycles. The van der Waals surface area contributed by atoms with Gasteiger partial charge in [-0.2, -0.15) is 0 Å². The number of carbonyl (C=O) groups is 1. The molecule has 130 valence electrons. The summed E-state index contributed by atoms with van der Waals surface area (Å²) in [6, 6.07) is 15.3. The first-order valence-corrected chi connectivity index (χ1v) is 9.14. The van der Waals surface area contributed by atoms with Crippen LogP contribution < -0.4 is 10.2 Å².